The van der Waals surface area contributed by atoms with Gasteiger partial charge in [-0.3, -0.25) is 14.9 Å². The molecule has 2 unspecified atom stereocenters. The van der Waals surface area contributed by atoms with Crippen molar-refractivity contribution in [1.29, 1.82) is 0 Å². The lowest BCUT2D eigenvalue weighted by Crippen LogP contribution is -2.71. The number of rotatable bonds is 8. The van der Waals surface area contributed by atoms with E-state index in [1.807, 2.05) is 0 Å². The average molecular weight is 499 g/mol. The summed E-state index contributed by atoms with van der Waals surface area (Å²) in [7, 11) is 0. The molecule has 1 aromatic rings. The minimum atomic E-state index is -0.855. The summed E-state index contributed by atoms with van der Waals surface area (Å²) in [6.45, 7) is 9.78. The Bertz CT molecular complexity index is 963. The highest BCUT2D eigenvalue weighted by Crippen LogP contribution is 2.18. The lowest BCUT2D eigenvalue weighted by molar-refractivity contribution is -0.160. The van der Waals surface area contributed by atoms with E-state index >= 15 is 0 Å². The van der Waals surface area contributed by atoms with Gasteiger partial charge in [0.1, 0.15) is 22.9 Å². The van der Waals surface area contributed by atoms with E-state index in [1.54, 1.807) is 41.5 Å². The molecule has 0 saturated carbocycles. The fourth-order valence-corrected chi connectivity index (χ4v) is 3.25. The molecular formula is C20H30N6O7S. The molecule has 0 spiro atoms. The second kappa shape index (κ2) is 10.8. The van der Waals surface area contributed by atoms with Crippen molar-refractivity contribution in [1.82, 2.24) is 15.6 Å². The maximum atomic E-state index is 12.9. The van der Waals surface area contributed by atoms with Crippen LogP contribution in [0.15, 0.2) is 10.5 Å². The van der Waals surface area contributed by atoms with E-state index in [4.69, 9.17) is 20.0 Å². The van der Waals surface area contributed by atoms with Gasteiger partial charge in [0.25, 0.3) is 5.91 Å². The van der Waals surface area contributed by atoms with Crippen molar-refractivity contribution in [3.63, 3.8) is 0 Å². The van der Waals surface area contributed by atoms with E-state index in [0.29, 0.717) is 0 Å². The van der Waals surface area contributed by atoms with Crippen LogP contribution in [0.3, 0.4) is 0 Å². The third-order valence-electron chi connectivity index (χ3n) is 3.88. The fourth-order valence-electron chi connectivity index (χ4n) is 2.57. The molecular weight excluding hydrogens is 468 g/mol. The summed E-state index contributed by atoms with van der Waals surface area (Å²) in [5, 5.41) is 12.9. The minimum Gasteiger partial charge on any atom is -0.457 e. The monoisotopic (exact) mass is 498 g/mol. The number of anilines is 1. The first-order valence-electron chi connectivity index (χ1n) is 10.4. The van der Waals surface area contributed by atoms with Crippen LogP contribution in [0.25, 0.3) is 0 Å². The number of hydrogen-bond acceptors (Lipinski definition) is 11. The SMILES string of the molecule is CC(C)(C)OC(=O)CON=C(C(=O)NC1C(=O)NC1CN)c1csc(NC(=O)OC(C)(C)C)n1. The Morgan fingerprint density at radius 1 is 1.18 bits per heavy atom. The molecule has 0 bridgehead atoms. The van der Waals surface area contributed by atoms with Gasteiger partial charge in [0.15, 0.2) is 10.8 Å². The van der Waals surface area contributed by atoms with Crippen molar-refractivity contribution in [2.75, 3.05) is 18.5 Å². The van der Waals surface area contributed by atoms with Gasteiger partial charge in [0.2, 0.25) is 12.5 Å². The lowest BCUT2D eigenvalue weighted by Gasteiger charge is -2.36. The number of nitrogens with zero attached hydrogens (tertiary/aromatic N) is 2. The maximum absolute atomic E-state index is 12.9. The summed E-state index contributed by atoms with van der Waals surface area (Å²) in [6, 6.07) is -1.29. The van der Waals surface area contributed by atoms with Gasteiger partial charge < -0.3 is 30.7 Å². The van der Waals surface area contributed by atoms with Gasteiger partial charge in [-0.1, -0.05) is 5.16 Å². The number of ether oxygens (including phenoxy) is 2. The van der Waals surface area contributed by atoms with Gasteiger partial charge in [0.05, 0.1) is 6.04 Å². The summed E-state index contributed by atoms with van der Waals surface area (Å²) in [5.74, 6) is -1.87. The van der Waals surface area contributed by atoms with Crippen LogP contribution < -0.4 is 21.7 Å². The summed E-state index contributed by atoms with van der Waals surface area (Å²) in [4.78, 5) is 57.7. The first-order chi connectivity index (χ1) is 15.7. The zero-order valence-electron chi connectivity index (χ0n) is 19.9. The first-order valence-corrected chi connectivity index (χ1v) is 11.3. The number of amides is 3. The second-order valence-electron chi connectivity index (χ2n) is 9.27. The third-order valence-corrected chi connectivity index (χ3v) is 4.64. The molecule has 1 saturated heterocycles. The molecule has 2 atom stereocenters. The molecule has 34 heavy (non-hydrogen) atoms. The Labute approximate surface area is 200 Å². The summed E-state index contributed by atoms with van der Waals surface area (Å²) >= 11 is 1.01. The number of esters is 1. The van der Waals surface area contributed by atoms with E-state index in [1.165, 1.54) is 5.38 Å². The zero-order valence-corrected chi connectivity index (χ0v) is 20.7. The highest BCUT2D eigenvalue weighted by Gasteiger charge is 2.40. The van der Waals surface area contributed by atoms with Crippen LogP contribution in [0.4, 0.5) is 9.93 Å². The Morgan fingerprint density at radius 3 is 2.38 bits per heavy atom. The Hall–Kier alpha value is -3.26. The average Bonchev–Trinajstić information content (AvgIpc) is 3.12. The molecule has 188 valence electrons. The van der Waals surface area contributed by atoms with Crippen molar-refractivity contribution in [2.45, 2.75) is 64.8 Å². The van der Waals surface area contributed by atoms with E-state index < -0.39 is 53.8 Å². The molecule has 0 aliphatic carbocycles. The lowest BCUT2D eigenvalue weighted by atomic mass is 9.99. The number of thiazole rings is 1. The molecule has 3 amide bonds. The van der Waals surface area contributed by atoms with Gasteiger partial charge in [-0.15, -0.1) is 11.3 Å². The van der Waals surface area contributed by atoms with Crippen LogP contribution >= 0.6 is 11.3 Å². The van der Waals surface area contributed by atoms with E-state index in [9.17, 15) is 19.2 Å². The number of carbonyl (C=O) groups excluding carboxylic acids is 4. The molecule has 14 heteroatoms. The van der Waals surface area contributed by atoms with Gasteiger partial charge in [0, 0.05) is 11.9 Å². The molecule has 1 aliphatic rings. The highest BCUT2D eigenvalue weighted by molar-refractivity contribution is 7.14. The van der Waals surface area contributed by atoms with Crippen molar-refractivity contribution < 1.29 is 33.5 Å². The first kappa shape index (κ1) is 27.0. The zero-order chi connectivity index (χ0) is 25.7. The number of nitrogens with one attached hydrogen (secondary N) is 3. The second-order valence-corrected chi connectivity index (χ2v) is 10.1. The quantitative estimate of drug-likeness (QED) is 0.171. The predicted octanol–water partition coefficient (Wildman–Crippen LogP) is 0.494. The molecule has 0 aromatic carbocycles. The summed E-state index contributed by atoms with van der Waals surface area (Å²) < 4.78 is 10.3. The number of oxime groups is 1. The van der Waals surface area contributed by atoms with E-state index in [0.717, 1.165) is 11.3 Å². The van der Waals surface area contributed by atoms with Crippen LogP contribution in [0.5, 0.6) is 0 Å². The van der Waals surface area contributed by atoms with Gasteiger partial charge in [-0.05, 0) is 41.5 Å². The van der Waals surface area contributed by atoms with Crippen molar-refractivity contribution in [3.05, 3.63) is 11.1 Å². The maximum Gasteiger partial charge on any atom is 0.413 e. The van der Waals surface area contributed by atoms with Gasteiger partial charge in [-0.2, -0.15) is 0 Å². The highest BCUT2D eigenvalue weighted by atomic mass is 32.1. The Kier molecular flexibility index (Phi) is 8.56. The standard InChI is InChI=1S/C20H30N6O7S/c1-19(2,3)32-12(27)8-31-26-14(16(29)24-13-10(7-21)22-15(13)28)11-9-34-17(23-11)25-18(30)33-20(4,5)6/h9-10,13H,7-8,21H2,1-6H3,(H,22,28)(H,24,29)(H,23,25,30). The fraction of sp³-hybridized carbons (Fsp3) is 0.600. The van der Waals surface area contributed by atoms with Gasteiger partial charge >= 0.3 is 12.1 Å². The number of hydrogen-bond donors (Lipinski definition) is 4. The number of β-lactam (4-membered cyclic amide) rings is 1. The molecule has 2 rings (SSSR count). The van der Waals surface area contributed by atoms with Crippen LogP contribution in [-0.4, -0.2) is 71.0 Å². The molecule has 13 nitrogen and oxygen atoms in total. The number of aromatic nitrogens is 1. The summed E-state index contributed by atoms with van der Waals surface area (Å²) in [5.41, 5.74) is 3.86. The van der Waals surface area contributed by atoms with Crippen molar-refractivity contribution >= 4 is 46.1 Å². The predicted molar refractivity (Wildman–Crippen MR) is 123 cm³/mol. The largest absolute Gasteiger partial charge is 0.457 e. The molecule has 1 fully saturated rings. The number of nitrogens with two attached hydrogens (primary N) is 1. The number of carbonyl (C=O) groups is 4. The van der Waals surface area contributed by atoms with Crippen molar-refractivity contribution in [2.24, 2.45) is 10.9 Å². The van der Waals surface area contributed by atoms with Crippen LogP contribution in [-0.2, 0) is 28.7 Å². The topological polar surface area (TPSA) is 183 Å². The Balaban J connectivity index is 2.17. The molecule has 0 radical (unpaired) electrons. The Morgan fingerprint density at radius 2 is 1.82 bits per heavy atom. The van der Waals surface area contributed by atoms with Crippen LogP contribution in [0.2, 0.25) is 0 Å². The van der Waals surface area contributed by atoms with Crippen LogP contribution in [0, 0.1) is 0 Å². The summed E-state index contributed by atoms with van der Waals surface area (Å²) in [6.07, 6.45) is -0.727. The van der Waals surface area contributed by atoms with E-state index in [2.05, 4.69) is 26.1 Å². The van der Waals surface area contributed by atoms with E-state index in [-0.39, 0.29) is 23.1 Å². The molecule has 5 N–H and O–H groups in total. The molecule has 1 aromatic heterocycles. The molecule has 2 heterocycles. The molecule has 1 aliphatic heterocycles. The van der Waals surface area contributed by atoms with Crippen molar-refractivity contribution in [3.8, 4) is 0 Å². The normalized spacial score (nSPS) is 18.3. The minimum absolute atomic E-state index is 0.0433. The smallest absolute Gasteiger partial charge is 0.413 e. The third kappa shape index (κ3) is 8.26. The van der Waals surface area contributed by atoms with Gasteiger partial charge in [-0.25, -0.2) is 14.6 Å². The van der Waals surface area contributed by atoms with Crippen LogP contribution in [0.1, 0.15) is 47.2 Å².